The van der Waals surface area contributed by atoms with E-state index in [9.17, 15) is 4.79 Å². The summed E-state index contributed by atoms with van der Waals surface area (Å²) in [6.45, 7) is 6.24. The van der Waals surface area contributed by atoms with Crippen molar-refractivity contribution in [2.75, 3.05) is 0 Å². The zero-order valence-electron chi connectivity index (χ0n) is 8.75. The van der Waals surface area contributed by atoms with E-state index >= 15 is 0 Å². The van der Waals surface area contributed by atoms with E-state index in [1.54, 1.807) is 0 Å². The highest BCUT2D eigenvalue weighted by Gasteiger charge is 2.14. The second kappa shape index (κ2) is 6.75. The zero-order chi connectivity index (χ0) is 10.3. The van der Waals surface area contributed by atoms with Gasteiger partial charge in [0.1, 0.15) is 6.10 Å². The van der Waals surface area contributed by atoms with Gasteiger partial charge in [0, 0.05) is 0 Å². The van der Waals surface area contributed by atoms with Crippen molar-refractivity contribution in [2.24, 2.45) is 5.92 Å². The molecule has 0 bridgehead atoms. The van der Waals surface area contributed by atoms with E-state index in [-0.39, 0.29) is 6.10 Å². The fourth-order valence-electron chi connectivity index (χ4n) is 1.33. The van der Waals surface area contributed by atoms with Gasteiger partial charge in [-0.2, -0.15) is 0 Å². The van der Waals surface area contributed by atoms with Crippen molar-refractivity contribution in [3.63, 3.8) is 0 Å². The number of carboxylic acid groups (broad SMARTS) is 1. The van der Waals surface area contributed by atoms with E-state index in [1.807, 2.05) is 0 Å². The highest BCUT2D eigenvalue weighted by atomic mass is 16.7. The van der Waals surface area contributed by atoms with Crippen molar-refractivity contribution >= 4 is 6.16 Å². The Bertz CT molecular complexity index is 143. The average molecular weight is 188 g/mol. The quantitative estimate of drug-likeness (QED) is 0.650. The Balaban J connectivity index is 3.80. The van der Waals surface area contributed by atoms with Crippen LogP contribution in [0.3, 0.4) is 0 Å². The Morgan fingerprint density at radius 1 is 1.46 bits per heavy atom. The van der Waals surface area contributed by atoms with Crippen molar-refractivity contribution < 1.29 is 14.6 Å². The first kappa shape index (κ1) is 12.3. The van der Waals surface area contributed by atoms with Crippen LogP contribution in [0.15, 0.2) is 0 Å². The standard InChI is InChI=1S/C10H20O3/c1-4-5-6-9(7-8(2)3)13-10(11)12/h8-9H,4-7H2,1-3H3,(H,11,12). The molecule has 1 unspecified atom stereocenters. The molecule has 3 heteroatoms. The van der Waals surface area contributed by atoms with Gasteiger partial charge in [0.25, 0.3) is 0 Å². The molecule has 0 amide bonds. The summed E-state index contributed by atoms with van der Waals surface area (Å²) in [5, 5.41) is 8.47. The second-order valence-electron chi connectivity index (χ2n) is 3.78. The highest BCUT2D eigenvalue weighted by molar-refractivity contribution is 5.57. The van der Waals surface area contributed by atoms with Crippen LogP contribution >= 0.6 is 0 Å². The molecule has 0 aromatic rings. The minimum atomic E-state index is -1.15. The smallest absolute Gasteiger partial charge is 0.450 e. The molecular formula is C10H20O3. The fraction of sp³-hybridized carbons (Fsp3) is 0.900. The fourth-order valence-corrected chi connectivity index (χ4v) is 1.33. The van der Waals surface area contributed by atoms with Crippen LogP contribution < -0.4 is 0 Å². The molecule has 0 aliphatic carbocycles. The van der Waals surface area contributed by atoms with Gasteiger partial charge in [-0.05, 0) is 18.8 Å². The van der Waals surface area contributed by atoms with Crippen LogP contribution in [0.2, 0.25) is 0 Å². The largest absolute Gasteiger partial charge is 0.506 e. The van der Waals surface area contributed by atoms with Crippen LogP contribution in [0.4, 0.5) is 4.79 Å². The Kier molecular flexibility index (Phi) is 6.37. The van der Waals surface area contributed by atoms with Crippen molar-refractivity contribution in [2.45, 2.75) is 52.6 Å². The molecule has 0 aromatic carbocycles. The lowest BCUT2D eigenvalue weighted by atomic mass is 10.0. The molecule has 13 heavy (non-hydrogen) atoms. The van der Waals surface area contributed by atoms with Crippen LogP contribution in [-0.2, 0) is 4.74 Å². The van der Waals surface area contributed by atoms with Crippen LogP contribution in [0.1, 0.15) is 46.5 Å². The third-order valence-corrected chi connectivity index (χ3v) is 1.88. The van der Waals surface area contributed by atoms with Crippen LogP contribution in [0.5, 0.6) is 0 Å². The normalized spacial score (nSPS) is 12.9. The minimum absolute atomic E-state index is 0.113. The summed E-state index contributed by atoms with van der Waals surface area (Å²) in [6, 6.07) is 0. The molecule has 0 saturated heterocycles. The van der Waals surface area contributed by atoms with E-state index < -0.39 is 6.16 Å². The molecule has 78 valence electrons. The van der Waals surface area contributed by atoms with Gasteiger partial charge >= 0.3 is 6.16 Å². The molecular weight excluding hydrogens is 168 g/mol. The molecule has 0 heterocycles. The number of hydrogen-bond donors (Lipinski definition) is 1. The molecule has 0 aliphatic rings. The molecule has 0 rings (SSSR count). The van der Waals surface area contributed by atoms with Gasteiger partial charge in [-0.25, -0.2) is 4.79 Å². The molecule has 3 nitrogen and oxygen atoms in total. The number of rotatable bonds is 6. The lowest BCUT2D eigenvalue weighted by Gasteiger charge is -2.17. The molecule has 0 radical (unpaired) electrons. The Morgan fingerprint density at radius 3 is 2.46 bits per heavy atom. The summed E-state index contributed by atoms with van der Waals surface area (Å²) in [6.07, 6.45) is 2.52. The summed E-state index contributed by atoms with van der Waals surface area (Å²) in [5.41, 5.74) is 0. The molecule has 0 spiro atoms. The Morgan fingerprint density at radius 2 is 2.08 bits per heavy atom. The third kappa shape index (κ3) is 7.62. The van der Waals surface area contributed by atoms with Gasteiger partial charge in [-0.3, -0.25) is 0 Å². The van der Waals surface area contributed by atoms with E-state index in [2.05, 4.69) is 20.8 Å². The summed E-state index contributed by atoms with van der Waals surface area (Å²) in [5.74, 6) is 0.487. The molecule has 0 aromatic heterocycles. The van der Waals surface area contributed by atoms with Gasteiger partial charge in [-0.1, -0.05) is 33.6 Å². The van der Waals surface area contributed by atoms with Gasteiger partial charge in [0.05, 0.1) is 0 Å². The number of hydrogen-bond acceptors (Lipinski definition) is 2. The first-order valence-corrected chi connectivity index (χ1v) is 4.95. The van der Waals surface area contributed by atoms with E-state index in [0.717, 1.165) is 25.7 Å². The minimum Gasteiger partial charge on any atom is -0.450 e. The van der Waals surface area contributed by atoms with Gasteiger partial charge < -0.3 is 9.84 Å². The molecule has 0 fully saturated rings. The topological polar surface area (TPSA) is 46.5 Å². The third-order valence-electron chi connectivity index (χ3n) is 1.88. The molecule has 1 N–H and O–H groups in total. The maximum absolute atomic E-state index is 10.3. The van der Waals surface area contributed by atoms with Crippen LogP contribution in [0, 0.1) is 5.92 Å². The number of ether oxygens (including phenoxy) is 1. The predicted octanol–water partition coefficient (Wildman–Crippen LogP) is 3.29. The lowest BCUT2D eigenvalue weighted by Crippen LogP contribution is -2.18. The molecule has 1 atom stereocenters. The summed E-state index contributed by atoms with van der Waals surface area (Å²) in [7, 11) is 0. The summed E-state index contributed by atoms with van der Waals surface area (Å²) in [4.78, 5) is 10.3. The average Bonchev–Trinajstić information content (AvgIpc) is 1.98. The van der Waals surface area contributed by atoms with Crippen molar-refractivity contribution in [3.8, 4) is 0 Å². The SMILES string of the molecule is CCCCC(CC(C)C)OC(=O)O. The van der Waals surface area contributed by atoms with Gasteiger partial charge in [0.15, 0.2) is 0 Å². The van der Waals surface area contributed by atoms with E-state index in [4.69, 9.17) is 9.84 Å². The maximum atomic E-state index is 10.3. The molecule has 0 saturated carbocycles. The van der Waals surface area contributed by atoms with Crippen LogP contribution in [0.25, 0.3) is 0 Å². The second-order valence-corrected chi connectivity index (χ2v) is 3.78. The Hall–Kier alpha value is -0.730. The first-order valence-electron chi connectivity index (χ1n) is 4.95. The number of carbonyl (C=O) groups is 1. The van der Waals surface area contributed by atoms with Crippen molar-refractivity contribution in [3.05, 3.63) is 0 Å². The van der Waals surface area contributed by atoms with Gasteiger partial charge in [-0.15, -0.1) is 0 Å². The number of unbranched alkanes of at least 4 members (excludes halogenated alkanes) is 1. The zero-order valence-corrected chi connectivity index (χ0v) is 8.75. The Labute approximate surface area is 80.1 Å². The lowest BCUT2D eigenvalue weighted by molar-refractivity contribution is 0.0384. The van der Waals surface area contributed by atoms with Crippen LogP contribution in [-0.4, -0.2) is 17.4 Å². The highest BCUT2D eigenvalue weighted by Crippen LogP contribution is 2.14. The molecule has 0 aliphatic heterocycles. The van der Waals surface area contributed by atoms with Gasteiger partial charge in [0.2, 0.25) is 0 Å². The maximum Gasteiger partial charge on any atom is 0.506 e. The van der Waals surface area contributed by atoms with E-state index in [0.29, 0.717) is 5.92 Å². The first-order chi connectivity index (χ1) is 6.06. The van der Waals surface area contributed by atoms with E-state index in [1.165, 1.54) is 0 Å². The van der Waals surface area contributed by atoms with Crippen molar-refractivity contribution in [1.29, 1.82) is 0 Å². The monoisotopic (exact) mass is 188 g/mol. The summed E-state index contributed by atoms with van der Waals surface area (Å²) < 4.78 is 4.78. The predicted molar refractivity (Wildman–Crippen MR) is 51.9 cm³/mol. The van der Waals surface area contributed by atoms with Crippen molar-refractivity contribution in [1.82, 2.24) is 0 Å². The summed E-state index contributed by atoms with van der Waals surface area (Å²) >= 11 is 0.